The number of halogens is 2. The summed E-state index contributed by atoms with van der Waals surface area (Å²) in [4.78, 5) is 16.7. The number of nitrogens with zero attached hydrogens (tertiary/aromatic N) is 1. The van der Waals surface area contributed by atoms with Crippen LogP contribution in [0.25, 0.3) is 16.5 Å². The van der Waals surface area contributed by atoms with E-state index in [9.17, 15) is 22.0 Å². The van der Waals surface area contributed by atoms with Crippen molar-refractivity contribution in [1.29, 1.82) is 0 Å². The number of hydrogen-bond acceptors (Lipinski definition) is 4. The molecule has 0 fully saturated rings. The second-order valence-corrected chi connectivity index (χ2v) is 9.00. The zero-order valence-corrected chi connectivity index (χ0v) is 16.9. The van der Waals surface area contributed by atoms with Crippen molar-refractivity contribution in [2.75, 3.05) is 19.3 Å². The first-order valence-corrected chi connectivity index (χ1v) is 11.2. The Morgan fingerprint density at radius 2 is 2.07 bits per heavy atom. The highest BCUT2D eigenvalue weighted by Crippen LogP contribution is 2.37. The maximum Gasteiger partial charge on any atom is 0.252 e. The number of sulfonamides is 1. The van der Waals surface area contributed by atoms with Gasteiger partial charge >= 0.3 is 0 Å². The fourth-order valence-corrected chi connectivity index (χ4v) is 3.75. The number of aromatic nitrogens is 1. The van der Waals surface area contributed by atoms with Crippen LogP contribution in [0.1, 0.15) is 41.6 Å². The van der Waals surface area contributed by atoms with Gasteiger partial charge in [-0.15, -0.1) is 0 Å². The molecule has 0 unspecified atom stereocenters. The van der Waals surface area contributed by atoms with Crippen molar-refractivity contribution in [3.05, 3.63) is 47.7 Å². The fourth-order valence-electron chi connectivity index (χ4n) is 3.23. The lowest BCUT2D eigenvalue weighted by Gasteiger charge is -2.22. The van der Waals surface area contributed by atoms with Crippen molar-refractivity contribution in [3.63, 3.8) is 0 Å². The van der Waals surface area contributed by atoms with Gasteiger partial charge < -0.3 is 5.32 Å². The van der Waals surface area contributed by atoms with E-state index in [1.54, 1.807) is 12.1 Å². The summed E-state index contributed by atoms with van der Waals surface area (Å²) in [6.45, 7) is 0.563. The van der Waals surface area contributed by atoms with Gasteiger partial charge in [-0.1, -0.05) is 24.3 Å². The minimum atomic E-state index is -3.24. The molecule has 0 aliphatic heterocycles. The third-order valence-electron chi connectivity index (χ3n) is 4.73. The van der Waals surface area contributed by atoms with Gasteiger partial charge in [0, 0.05) is 43.1 Å². The van der Waals surface area contributed by atoms with E-state index in [-0.39, 0.29) is 31.7 Å². The molecule has 1 aliphatic rings. The average Bonchev–Trinajstić information content (AvgIpc) is 2.66. The lowest BCUT2D eigenvalue weighted by atomic mass is 9.90. The number of fused-ring (bicyclic) bond motifs is 1. The van der Waals surface area contributed by atoms with Crippen LogP contribution in [0.15, 0.2) is 36.5 Å². The highest BCUT2D eigenvalue weighted by Gasteiger charge is 2.31. The van der Waals surface area contributed by atoms with Gasteiger partial charge in [0.2, 0.25) is 10.0 Å². The number of nitrogens with one attached hydrogen (secondary N) is 2. The number of benzene rings is 1. The van der Waals surface area contributed by atoms with Crippen molar-refractivity contribution in [1.82, 2.24) is 15.0 Å². The van der Waals surface area contributed by atoms with E-state index in [1.165, 1.54) is 6.20 Å². The number of alkyl halides is 2. The van der Waals surface area contributed by atoms with Crippen LogP contribution in [0.2, 0.25) is 0 Å². The molecule has 1 amide bonds. The first kappa shape index (κ1) is 21.3. The van der Waals surface area contributed by atoms with Crippen LogP contribution < -0.4 is 10.0 Å². The van der Waals surface area contributed by atoms with E-state index < -0.39 is 15.9 Å². The number of allylic oxidation sites excluding steroid dienone is 2. The van der Waals surface area contributed by atoms with Gasteiger partial charge in [-0.05, 0) is 24.5 Å². The first-order chi connectivity index (χ1) is 13.6. The third kappa shape index (κ3) is 5.80. The molecule has 1 heterocycles. The van der Waals surface area contributed by atoms with Gasteiger partial charge in [0.05, 0.1) is 17.3 Å². The summed E-state index contributed by atoms with van der Waals surface area (Å²) in [5, 5.41) is 3.49. The number of amides is 1. The van der Waals surface area contributed by atoms with Gasteiger partial charge in [-0.2, -0.15) is 0 Å². The molecule has 6 nitrogen and oxygen atoms in total. The second-order valence-electron chi connectivity index (χ2n) is 7.17. The minimum Gasteiger partial charge on any atom is -0.352 e. The predicted molar refractivity (Wildman–Crippen MR) is 108 cm³/mol. The summed E-state index contributed by atoms with van der Waals surface area (Å²) in [6, 6.07) is 7.23. The molecule has 0 spiro atoms. The van der Waals surface area contributed by atoms with Crippen LogP contribution in [0.5, 0.6) is 0 Å². The fraction of sp³-hybridized carbons (Fsp3) is 0.400. The monoisotopic (exact) mass is 423 g/mol. The molecule has 156 valence electrons. The number of carbonyl (C=O) groups excluding carboxylic acids is 1. The van der Waals surface area contributed by atoms with Crippen LogP contribution >= 0.6 is 0 Å². The largest absolute Gasteiger partial charge is 0.352 e. The van der Waals surface area contributed by atoms with E-state index in [1.807, 2.05) is 18.2 Å². The van der Waals surface area contributed by atoms with Gasteiger partial charge in [-0.3, -0.25) is 9.78 Å². The lowest BCUT2D eigenvalue weighted by Crippen LogP contribution is -2.29. The van der Waals surface area contributed by atoms with E-state index in [2.05, 4.69) is 15.0 Å². The molecule has 29 heavy (non-hydrogen) atoms. The number of para-hydroxylation sites is 1. The van der Waals surface area contributed by atoms with Crippen LogP contribution in [-0.2, 0) is 10.0 Å². The molecule has 0 radical (unpaired) electrons. The number of pyridine rings is 1. The first-order valence-electron chi connectivity index (χ1n) is 9.33. The second kappa shape index (κ2) is 8.54. The molecule has 3 rings (SSSR count). The normalized spacial score (nSPS) is 16.4. The zero-order valence-electron chi connectivity index (χ0n) is 16.0. The van der Waals surface area contributed by atoms with Gasteiger partial charge in [-0.25, -0.2) is 21.9 Å². The summed E-state index contributed by atoms with van der Waals surface area (Å²) in [5.41, 5.74) is 2.73. The molecule has 1 aromatic heterocycles. The Morgan fingerprint density at radius 3 is 2.76 bits per heavy atom. The molecule has 1 aromatic carbocycles. The Morgan fingerprint density at radius 1 is 1.28 bits per heavy atom. The van der Waals surface area contributed by atoms with Gasteiger partial charge in [0.1, 0.15) is 0 Å². The van der Waals surface area contributed by atoms with Crippen molar-refractivity contribution < 1.29 is 22.0 Å². The molecule has 1 aliphatic carbocycles. The van der Waals surface area contributed by atoms with Crippen molar-refractivity contribution in [3.8, 4) is 0 Å². The summed E-state index contributed by atoms with van der Waals surface area (Å²) in [7, 11) is -3.24. The minimum absolute atomic E-state index is 0.177. The van der Waals surface area contributed by atoms with Gasteiger partial charge in [0.25, 0.3) is 11.8 Å². The Kier molecular flexibility index (Phi) is 6.28. The van der Waals surface area contributed by atoms with E-state index in [0.717, 1.165) is 22.8 Å². The maximum absolute atomic E-state index is 13.4. The summed E-state index contributed by atoms with van der Waals surface area (Å²) < 4.78 is 51.2. The summed E-state index contributed by atoms with van der Waals surface area (Å²) in [5.74, 6) is -2.95. The Bertz CT molecular complexity index is 1050. The molecule has 2 N–H and O–H groups in total. The quantitative estimate of drug-likeness (QED) is 0.670. The van der Waals surface area contributed by atoms with Crippen LogP contribution in [-0.4, -0.2) is 44.6 Å². The number of hydrogen-bond donors (Lipinski definition) is 2. The number of rotatable bonds is 7. The molecule has 0 saturated heterocycles. The molecular weight excluding hydrogens is 400 g/mol. The third-order valence-corrected chi connectivity index (χ3v) is 5.46. The predicted octanol–water partition coefficient (Wildman–Crippen LogP) is 3.11. The van der Waals surface area contributed by atoms with Crippen LogP contribution in [0.4, 0.5) is 8.78 Å². The average molecular weight is 423 g/mol. The SMILES string of the molecule is CS(=O)(=O)NCCCNC(=O)c1cnc2c(C3=CCC(F)(F)CC3)cccc2c1. The van der Waals surface area contributed by atoms with E-state index in [4.69, 9.17) is 0 Å². The molecular formula is C20H23F2N3O3S. The molecule has 0 atom stereocenters. The summed E-state index contributed by atoms with van der Waals surface area (Å²) in [6.07, 6.45) is 4.42. The molecule has 0 saturated carbocycles. The topological polar surface area (TPSA) is 88.2 Å². The molecule has 2 aromatic rings. The zero-order chi connectivity index (χ0) is 21.1. The maximum atomic E-state index is 13.4. The summed E-state index contributed by atoms with van der Waals surface area (Å²) >= 11 is 0. The highest BCUT2D eigenvalue weighted by atomic mass is 32.2. The van der Waals surface area contributed by atoms with E-state index >= 15 is 0 Å². The van der Waals surface area contributed by atoms with E-state index in [0.29, 0.717) is 24.0 Å². The smallest absolute Gasteiger partial charge is 0.252 e. The highest BCUT2D eigenvalue weighted by molar-refractivity contribution is 7.88. The standard InChI is InChI=1S/C20H23F2N3O3S/c1-29(27,28)25-11-3-10-23-19(26)16-12-15-4-2-5-17(18(15)24-13-16)14-6-8-20(21,22)9-7-14/h2,4-6,12-13,25H,3,7-11H2,1H3,(H,23,26). The van der Waals surface area contributed by atoms with Crippen LogP contribution in [0, 0.1) is 0 Å². The van der Waals surface area contributed by atoms with Crippen molar-refractivity contribution in [2.24, 2.45) is 0 Å². The van der Waals surface area contributed by atoms with Crippen LogP contribution in [0.3, 0.4) is 0 Å². The Labute approximate surface area is 168 Å². The van der Waals surface area contributed by atoms with Crippen molar-refractivity contribution in [2.45, 2.75) is 31.6 Å². The Balaban J connectivity index is 1.69. The Hall–Kier alpha value is -2.39. The van der Waals surface area contributed by atoms with Gasteiger partial charge in [0.15, 0.2) is 0 Å². The molecule has 9 heteroatoms. The lowest BCUT2D eigenvalue weighted by molar-refractivity contribution is -0.00602. The van der Waals surface area contributed by atoms with Crippen molar-refractivity contribution >= 4 is 32.4 Å². The number of carbonyl (C=O) groups is 1. The molecule has 0 bridgehead atoms.